The monoisotopic (exact) mass is 251 g/mol. The van der Waals surface area contributed by atoms with Crippen LogP contribution >= 0.6 is 0 Å². The zero-order valence-electron chi connectivity index (χ0n) is 11.0. The molecular formula is C13H21N3O2. The third-order valence-electron chi connectivity index (χ3n) is 3.44. The lowest BCUT2D eigenvalue weighted by molar-refractivity contribution is 0.0614. The predicted octanol–water partition coefficient (Wildman–Crippen LogP) is 1.61. The maximum atomic E-state index is 11.5. The molecular weight excluding hydrogens is 230 g/mol. The summed E-state index contributed by atoms with van der Waals surface area (Å²) in [6.07, 6.45) is 3.77. The van der Waals surface area contributed by atoms with Crippen molar-refractivity contribution < 1.29 is 5.11 Å². The topological polar surface area (TPSA) is 78.0 Å². The number of nitrogens with zero attached hydrogens (tertiary/aromatic N) is 1. The number of aromatic nitrogens is 2. The van der Waals surface area contributed by atoms with Crippen molar-refractivity contribution in [3.05, 3.63) is 22.2 Å². The maximum Gasteiger partial charge on any atom is 0.252 e. The average Bonchev–Trinajstić information content (AvgIpc) is 2.73. The second-order valence-electron chi connectivity index (χ2n) is 5.46. The van der Waals surface area contributed by atoms with Crippen LogP contribution < -0.4 is 10.9 Å². The molecule has 0 saturated heterocycles. The molecule has 3 N–H and O–H groups in total. The molecule has 1 aliphatic carbocycles. The summed E-state index contributed by atoms with van der Waals surface area (Å²) in [6.45, 7) is 4.42. The molecule has 0 bridgehead atoms. The minimum Gasteiger partial charge on any atom is -0.388 e. The number of hydrogen-bond donors (Lipinski definition) is 3. The molecule has 0 unspecified atom stereocenters. The van der Waals surface area contributed by atoms with E-state index in [9.17, 15) is 9.90 Å². The van der Waals surface area contributed by atoms with Gasteiger partial charge in [-0.2, -0.15) is 0 Å². The lowest BCUT2D eigenvalue weighted by Crippen LogP contribution is -2.34. The first-order chi connectivity index (χ1) is 8.48. The molecule has 1 fully saturated rings. The van der Waals surface area contributed by atoms with Crippen molar-refractivity contribution in [3.63, 3.8) is 0 Å². The van der Waals surface area contributed by atoms with E-state index < -0.39 is 5.60 Å². The Hall–Kier alpha value is -1.36. The molecule has 1 saturated carbocycles. The quantitative estimate of drug-likeness (QED) is 0.759. The van der Waals surface area contributed by atoms with Crippen molar-refractivity contribution in [3.8, 4) is 0 Å². The molecule has 2 rings (SSSR count). The fourth-order valence-electron chi connectivity index (χ4n) is 2.31. The lowest BCUT2D eigenvalue weighted by atomic mass is 10.0. The van der Waals surface area contributed by atoms with E-state index in [1.54, 1.807) is 0 Å². The van der Waals surface area contributed by atoms with Crippen molar-refractivity contribution in [2.75, 3.05) is 11.9 Å². The van der Waals surface area contributed by atoms with Gasteiger partial charge < -0.3 is 15.4 Å². The Morgan fingerprint density at radius 3 is 2.78 bits per heavy atom. The summed E-state index contributed by atoms with van der Waals surface area (Å²) in [5.41, 5.74) is -0.794. The molecule has 0 spiro atoms. The second-order valence-corrected chi connectivity index (χ2v) is 5.46. The van der Waals surface area contributed by atoms with Gasteiger partial charge in [-0.3, -0.25) is 4.79 Å². The van der Waals surface area contributed by atoms with Gasteiger partial charge in [0.15, 0.2) is 0 Å². The van der Waals surface area contributed by atoms with Crippen LogP contribution in [-0.4, -0.2) is 27.2 Å². The molecule has 0 aliphatic heterocycles. The zero-order valence-corrected chi connectivity index (χ0v) is 11.0. The molecule has 5 nitrogen and oxygen atoms in total. The van der Waals surface area contributed by atoms with Crippen LogP contribution in [0.2, 0.25) is 0 Å². The third-order valence-corrected chi connectivity index (χ3v) is 3.44. The summed E-state index contributed by atoms with van der Waals surface area (Å²) < 4.78 is 0. The number of nitrogens with one attached hydrogen (secondary N) is 2. The van der Waals surface area contributed by atoms with Crippen molar-refractivity contribution >= 4 is 5.82 Å². The van der Waals surface area contributed by atoms with E-state index in [0.29, 0.717) is 18.2 Å². The van der Waals surface area contributed by atoms with E-state index in [1.165, 1.54) is 6.07 Å². The summed E-state index contributed by atoms with van der Waals surface area (Å²) in [4.78, 5) is 18.6. The Balaban J connectivity index is 2.07. The minimum absolute atomic E-state index is 0.158. The molecule has 1 aromatic rings. The van der Waals surface area contributed by atoms with E-state index in [2.05, 4.69) is 15.3 Å². The highest BCUT2D eigenvalue weighted by molar-refractivity contribution is 5.34. The Bertz CT molecular complexity index is 462. The SMILES string of the molecule is CC(C)c1nc(NCC2(O)CCCC2)cc(=O)[nH]1. The van der Waals surface area contributed by atoms with Gasteiger partial charge in [0.1, 0.15) is 11.6 Å². The number of anilines is 1. The van der Waals surface area contributed by atoms with Gasteiger partial charge in [-0.25, -0.2) is 4.98 Å². The van der Waals surface area contributed by atoms with Crippen LogP contribution in [0.25, 0.3) is 0 Å². The fraction of sp³-hybridized carbons (Fsp3) is 0.692. The smallest absolute Gasteiger partial charge is 0.252 e. The van der Waals surface area contributed by atoms with Crippen molar-refractivity contribution in [1.82, 2.24) is 9.97 Å². The number of rotatable bonds is 4. The number of H-pyrrole nitrogens is 1. The molecule has 100 valence electrons. The van der Waals surface area contributed by atoms with Gasteiger partial charge in [0.25, 0.3) is 5.56 Å². The van der Waals surface area contributed by atoms with Crippen LogP contribution in [0, 0.1) is 0 Å². The third kappa shape index (κ3) is 3.10. The van der Waals surface area contributed by atoms with E-state index in [4.69, 9.17) is 0 Å². The van der Waals surface area contributed by atoms with Gasteiger partial charge in [0, 0.05) is 18.5 Å². The highest BCUT2D eigenvalue weighted by Crippen LogP contribution is 2.29. The molecule has 0 atom stereocenters. The predicted molar refractivity (Wildman–Crippen MR) is 70.9 cm³/mol. The Kier molecular flexibility index (Phi) is 3.71. The largest absolute Gasteiger partial charge is 0.388 e. The highest BCUT2D eigenvalue weighted by atomic mass is 16.3. The number of aromatic amines is 1. The van der Waals surface area contributed by atoms with Crippen LogP contribution in [-0.2, 0) is 0 Å². The van der Waals surface area contributed by atoms with Gasteiger partial charge in [-0.15, -0.1) is 0 Å². The second kappa shape index (κ2) is 5.10. The van der Waals surface area contributed by atoms with E-state index >= 15 is 0 Å². The van der Waals surface area contributed by atoms with Crippen LogP contribution in [0.3, 0.4) is 0 Å². The van der Waals surface area contributed by atoms with Gasteiger partial charge in [-0.1, -0.05) is 26.7 Å². The lowest BCUT2D eigenvalue weighted by Gasteiger charge is -2.22. The van der Waals surface area contributed by atoms with Gasteiger partial charge in [-0.05, 0) is 12.8 Å². The van der Waals surface area contributed by atoms with Gasteiger partial charge >= 0.3 is 0 Å². The number of hydrogen-bond acceptors (Lipinski definition) is 4. The Morgan fingerprint density at radius 1 is 1.50 bits per heavy atom. The van der Waals surface area contributed by atoms with Crippen LogP contribution in [0.1, 0.15) is 51.3 Å². The molecule has 0 radical (unpaired) electrons. The van der Waals surface area contributed by atoms with E-state index in [0.717, 1.165) is 25.7 Å². The standard InChI is InChI=1S/C13H21N3O2/c1-9(2)12-15-10(7-11(17)16-12)14-8-13(18)5-3-4-6-13/h7,9,18H,3-6,8H2,1-2H3,(H2,14,15,16,17). The highest BCUT2D eigenvalue weighted by Gasteiger charge is 2.30. The fourth-order valence-corrected chi connectivity index (χ4v) is 2.31. The molecule has 18 heavy (non-hydrogen) atoms. The normalized spacial score (nSPS) is 18.2. The summed E-state index contributed by atoms with van der Waals surface area (Å²) in [5, 5.41) is 13.3. The summed E-state index contributed by atoms with van der Waals surface area (Å²) in [7, 11) is 0. The Labute approximate surface area is 107 Å². The summed E-state index contributed by atoms with van der Waals surface area (Å²) in [5.74, 6) is 1.39. The first kappa shape index (κ1) is 13.1. The Morgan fingerprint density at radius 2 is 2.17 bits per heavy atom. The van der Waals surface area contributed by atoms with E-state index in [1.807, 2.05) is 13.8 Å². The summed E-state index contributed by atoms with van der Waals surface area (Å²) in [6, 6.07) is 1.43. The summed E-state index contributed by atoms with van der Waals surface area (Å²) >= 11 is 0. The molecule has 1 aliphatic rings. The van der Waals surface area contributed by atoms with Crippen molar-refractivity contribution in [2.24, 2.45) is 0 Å². The van der Waals surface area contributed by atoms with Crippen molar-refractivity contribution in [1.29, 1.82) is 0 Å². The zero-order chi connectivity index (χ0) is 13.2. The molecule has 5 heteroatoms. The van der Waals surface area contributed by atoms with Gasteiger partial charge in [0.05, 0.1) is 5.60 Å². The van der Waals surface area contributed by atoms with Gasteiger partial charge in [0.2, 0.25) is 0 Å². The van der Waals surface area contributed by atoms with Crippen LogP contribution in [0.15, 0.2) is 10.9 Å². The molecule has 1 aromatic heterocycles. The van der Waals surface area contributed by atoms with E-state index in [-0.39, 0.29) is 11.5 Å². The van der Waals surface area contributed by atoms with Crippen LogP contribution in [0.4, 0.5) is 5.82 Å². The van der Waals surface area contributed by atoms with Crippen LogP contribution in [0.5, 0.6) is 0 Å². The molecule has 0 amide bonds. The average molecular weight is 251 g/mol. The van der Waals surface area contributed by atoms with Crippen molar-refractivity contribution in [2.45, 2.75) is 51.0 Å². The molecule has 1 heterocycles. The minimum atomic E-state index is -0.637. The first-order valence-electron chi connectivity index (χ1n) is 6.56. The maximum absolute atomic E-state index is 11.5. The molecule has 0 aromatic carbocycles. The number of aliphatic hydroxyl groups is 1. The first-order valence-corrected chi connectivity index (χ1v) is 6.56.